The fourth-order valence-electron chi connectivity index (χ4n) is 2.22. The van der Waals surface area contributed by atoms with Crippen molar-refractivity contribution in [3.63, 3.8) is 0 Å². The van der Waals surface area contributed by atoms with Crippen molar-refractivity contribution < 1.29 is 9.59 Å². The first-order valence-corrected chi connectivity index (χ1v) is 7.01. The van der Waals surface area contributed by atoms with E-state index in [0.29, 0.717) is 22.6 Å². The van der Waals surface area contributed by atoms with Crippen LogP contribution < -0.4 is 5.73 Å². The molecule has 0 aliphatic heterocycles. The molecule has 2 aromatic rings. The number of nitrogens with two attached hydrogens (primary N) is 1. The summed E-state index contributed by atoms with van der Waals surface area (Å²) in [6, 6.07) is 14.1. The highest BCUT2D eigenvalue weighted by molar-refractivity contribution is 6.09. The highest BCUT2D eigenvalue weighted by atomic mass is 16.1. The molecule has 0 aliphatic rings. The quantitative estimate of drug-likeness (QED) is 0.855. The molecule has 1 amide bonds. The standard InChI is InChI=1S/C18H19NO2/c1-12(2)11-13-3-5-14(6-4-13)17(20)15-7-9-16(10-8-15)18(19)21/h3-10,12H,11H2,1-2H3,(H2,19,21). The van der Waals surface area contributed by atoms with E-state index in [4.69, 9.17) is 5.73 Å². The first kappa shape index (κ1) is 15.0. The molecule has 0 heterocycles. The molecule has 0 fully saturated rings. The van der Waals surface area contributed by atoms with E-state index in [1.807, 2.05) is 24.3 Å². The van der Waals surface area contributed by atoms with Crippen LogP contribution in [0.2, 0.25) is 0 Å². The molecule has 2 aromatic carbocycles. The van der Waals surface area contributed by atoms with Crippen LogP contribution in [0.3, 0.4) is 0 Å². The van der Waals surface area contributed by atoms with E-state index < -0.39 is 5.91 Å². The fraction of sp³-hybridized carbons (Fsp3) is 0.222. The van der Waals surface area contributed by atoms with Crippen LogP contribution in [0.25, 0.3) is 0 Å². The Morgan fingerprint density at radius 2 is 1.29 bits per heavy atom. The third-order valence-electron chi connectivity index (χ3n) is 3.29. The van der Waals surface area contributed by atoms with Crippen molar-refractivity contribution in [2.45, 2.75) is 20.3 Å². The highest BCUT2D eigenvalue weighted by Crippen LogP contribution is 2.14. The van der Waals surface area contributed by atoms with Gasteiger partial charge >= 0.3 is 0 Å². The summed E-state index contributed by atoms with van der Waals surface area (Å²) in [5.41, 5.74) is 8.01. The minimum Gasteiger partial charge on any atom is -0.366 e. The Kier molecular flexibility index (Phi) is 4.53. The van der Waals surface area contributed by atoms with Gasteiger partial charge < -0.3 is 5.73 Å². The first-order chi connectivity index (χ1) is 9.97. The molecule has 0 saturated heterocycles. The molecule has 0 radical (unpaired) electrons. The maximum absolute atomic E-state index is 12.3. The van der Waals surface area contributed by atoms with Gasteiger partial charge in [-0.2, -0.15) is 0 Å². The van der Waals surface area contributed by atoms with Gasteiger partial charge in [-0.3, -0.25) is 9.59 Å². The lowest BCUT2D eigenvalue weighted by atomic mass is 9.98. The molecule has 2 rings (SSSR count). The SMILES string of the molecule is CC(C)Cc1ccc(C(=O)c2ccc(C(N)=O)cc2)cc1. The van der Waals surface area contributed by atoms with E-state index in [9.17, 15) is 9.59 Å². The van der Waals surface area contributed by atoms with Crippen molar-refractivity contribution in [1.29, 1.82) is 0 Å². The number of carbonyl (C=O) groups is 2. The highest BCUT2D eigenvalue weighted by Gasteiger charge is 2.10. The second kappa shape index (κ2) is 6.35. The van der Waals surface area contributed by atoms with Crippen LogP contribution in [0.15, 0.2) is 48.5 Å². The minimum absolute atomic E-state index is 0.0536. The monoisotopic (exact) mass is 281 g/mol. The second-order valence-electron chi connectivity index (χ2n) is 5.57. The number of benzene rings is 2. The summed E-state index contributed by atoms with van der Waals surface area (Å²) in [6.07, 6.45) is 1.00. The molecule has 108 valence electrons. The summed E-state index contributed by atoms with van der Waals surface area (Å²) in [5.74, 6) is 0.0436. The van der Waals surface area contributed by atoms with Gasteiger partial charge in [0.1, 0.15) is 0 Å². The van der Waals surface area contributed by atoms with Crippen molar-refractivity contribution in [1.82, 2.24) is 0 Å². The third kappa shape index (κ3) is 3.78. The summed E-state index contributed by atoms with van der Waals surface area (Å²) >= 11 is 0. The summed E-state index contributed by atoms with van der Waals surface area (Å²) < 4.78 is 0. The Morgan fingerprint density at radius 1 is 0.857 bits per heavy atom. The van der Waals surface area contributed by atoms with Crippen LogP contribution in [0.4, 0.5) is 0 Å². The molecule has 0 saturated carbocycles. The van der Waals surface area contributed by atoms with Crippen molar-refractivity contribution in [3.8, 4) is 0 Å². The lowest BCUT2D eigenvalue weighted by Crippen LogP contribution is -2.11. The van der Waals surface area contributed by atoms with E-state index in [-0.39, 0.29) is 5.78 Å². The maximum atomic E-state index is 12.3. The lowest BCUT2D eigenvalue weighted by Gasteiger charge is -2.06. The molecule has 3 nitrogen and oxygen atoms in total. The zero-order valence-electron chi connectivity index (χ0n) is 12.3. The molecule has 0 aliphatic carbocycles. The number of hydrogen-bond donors (Lipinski definition) is 1. The predicted octanol–water partition coefficient (Wildman–Crippen LogP) is 3.22. The number of ketones is 1. The van der Waals surface area contributed by atoms with Crippen LogP contribution in [-0.4, -0.2) is 11.7 Å². The summed E-state index contributed by atoms with van der Waals surface area (Å²) in [7, 11) is 0. The normalized spacial score (nSPS) is 10.6. The topological polar surface area (TPSA) is 60.2 Å². The minimum atomic E-state index is -0.493. The number of carbonyl (C=O) groups excluding carboxylic acids is 2. The Hall–Kier alpha value is -2.42. The maximum Gasteiger partial charge on any atom is 0.248 e. The van der Waals surface area contributed by atoms with Gasteiger partial charge in [0, 0.05) is 16.7 Å². The van der Waals surface area contributed by atoms with Crippen LogP contribution >= 0.6 is 0 Å². The van der Waals surface area contributed by atoms with Crippen LogP contribution in [-0.2, 0) is 6.42 Å². The van der Waals surface area contributed by atoms with E-state index in [1.54, 1.807) is 24.3 Å². The van der Waals surface area contributed by atoms with Crippen LogP contribution in [0.5, 0.6) is 0 Å². The summed E-state index contributed by atoms with van der Waals surface area (Å²) in [6.45, 7) is 4.33. The van der Waals surface area contributed by atoms with Gasteiger partial charge in [-0.05, 0) is 30.0 Å². The molecule has 0 atom stereocenters. The predicted molar refractivity (Wildman–Crippen MR) is 83.4 cm³/mol. The van der Waals surface area contributed by atoms with Crippen LogP contribution in [0.1, 0.15) is 45.7 Å². The Labute approximate surface area is 124 Å². The number of amides is 1. The largest absolute Gasteiger partial charge is 0.366 e. The molecule has 0 unspecified atom stereocenters. The Balaban J connectivity index is 2.17. The van der Waals surface area contributed by atoms with Gasteiger partial charge in [-0.15, -0.1) is 0 Å². The van der Waals surface area contributed by atoms with Crippen molar-refractivity contribution >= 4 is 11.7 Å². The number of primary amides is 1. The van der Waals surface area contributed by atoms with Crippen molar-refractivity contribution in [2.75, 3.05) is 0 Å². The number of hydrogen-bond acceptors (Lipinski definition) is 2. The molecule has 3 heteroatoms. The molecule has 0 bridgehead atoms. The lowest BCUT2D eigenvalue weighted by molar-refractivity contribution is 0.0997. The Morgan fingerprint density at radius 3 is 1.71 bits per heavy atom. The molecule has 2 N–H and O–H groups in total. The van der Waals surface area contributed by atoms with Gasteiger partial charge in [-0.1, -0.05) is 50.2 Å². The van der Waals surface area contributed by atoms with Crippen molar-refractivity contribution in [3.05, 3.63) is 70.8 Å². The van der Waals surface area contributed by atoms with Gasteiger partial charge in [0.2, 0.25) is 5.91 Å². The molecule has 21 heavy (non-hydrogen) atoms. The Bertz CT molecular complexity index is 640. The molecular formula is C18H19NO2. The van der Waals surface area contributed by atoms with Gasteiger partial charge in [0.05, 0.1) is 0 Å². The van der Waals surface area contributed by atoms with Crippen LogP contribution in [0, 0.1) is 5.92 Å². The van der Waals surface area contributed by atoms with Crippen molar-refractivity contribution in [2.24, 2.45) is 11.7 Å². The second-order valence-corrected chi connectivity index (χ2v) is 5.57. The third-order valence-corrected chi connectivity index (χ3v) is 3.29. The van der Waals surface area contributed by atoms with E-state index in [1.165, 1.54) is 5.56 Å². The van der Waals surface area contributed by atoms with Gasteiger partial charge in [0.15, 0.2) is 5.78 Å². The zero-order valence-corrected chi connectivity index (χ0v) is 12.3. The fourth-order valence-corrected chi connectivity index (χ4v) is 2.22. The number of rotatable bonds is 5. The van der Waals surface area contributed by atoms with E-state index in [0.717, 1.165) is 6.42 Å². The summed E-state index contributed by atoms with van der Waals surface area (Å²) in [4.78, 5) is 23.4. The molecule has 0 aromatic heterocycles. The smallest absolute Gasteiger partial charge is 0.248 e. The van der Waals surface area contributed by atoms with E-state index >= 15 is 0 Å². The molecule has 0 spiro atoms. The van der Waals surface area contributed by atoms with Gasteiger partial charge in [0.25, 0.3) is 0 Å². The van der Waals surface area contributed by atoms with E-state index in [2.05, 4.69) is 13.8 Å². The average Bonchev–Trinajstić information content (AvgIpc) is 2.47. The van der Waals surface area contributed by atoms with Gasteiger partial charge in [-0.25, -0.2) is 0 Å². The zero-order chi connectivity index (χ0) is 15.4. The average molecular weight is 281 g/mol. The molecular weight excluding hydrogens is 262 g/mol. The summed E-state index contributed by atoms with van der Waals surface area (Å²) in [5, 5.41) is 0. The first-order valence-electron chi connectivity index (χ1n) is 7.01.